The number of carbonyl (C=O) groups excluding carboxylic acids is 11. The van der Waals surface area contributed by atoms with Crippen LogP contribution in [0.25, 0.3) is 0 Å². The lowest BCUT2D eigenvalue weighted by Gasteiger charge is -2.33. The van der Waals surface area contributed by atoms with Gasteiger partial charge < -0.3 is 104 Å². The van der Waals surface area contributed by atoms with E-state index in [0.29, 0.717) is 5.56 Å². The van der Waals surface area contributed by atoms with E-state index < -0.39 is 255 Å². The maximum absolute atomic E-state index is 14.8. The number of amides is 11. The molecule has 2 saturated heterocycles. The zero-order valence-corrected chi connectivity index (χ0v) is 57.3. The topological polar surface area (TPSA) is 610 Å². The number of hydrogen-bond donors (Lipinski definition) is 18. The van der Waals surface area contributed by atoms with E-state index in [1.807, 2.05) is 0 Å². The van der Waals surface area contributed by atoms with Crippen LogP contribution < -0.4 is 53.6 Å². The first-order valence-electron chi connectivity index (χ1n) is 33.2. The summed E-state index contributed by atoms with van der Waals surface area (Å²) < 4.78 is 0. The molecule has 0 aliphatic carbocycles. The molecule has 11 amide bonds. The lowest BCUT2D eigenvalue weighted by atomic mass is 9.96. The molecule has 0 radical (unpaired) electrons. The molecule has 1 aromatic rings. The van der Waals surface area contributed by atoms with Gasteiger partial charge >= 0.3 is 41.8 Å². The van der Waals surface area contributed by atoms with Gasteiger partial charge in [0, 0.05) is 45.2 Å². The van der Waals surface area contributed by atoms with Gasteiger partial charge in [0.2, 0.25) is 65.0 Å². The van der Waals surface area contributed by atoms with E-state index >= 15 is 0 Å². The number of carboxylic acid groups (broad SMARTS) is 7. The summed E-state index contributed by atoms with van der Waals surface area (Å²) in [4.78, 5) is 239. The third-order valence-electron chi connectivity index (χ3n) is 16.9. The van der Waals surface area contributed by atoms with Crippen molar-refractivity contribution in [3.05, 3.63) is 29.8 Å². The number of phenolic OH excluding ortho intramolecular Hbond substituents is 1. The Balaban J connectivity index is 1.95. The fraction of sp³-hybridized carbons (Fsp3) is 0.625. The van der Waals surface area contributed by atoms with Gasteiger partial charge in [0.25, 0.3) is 0 Å². The van der Waals surface area contributed by atoms with Crippen LogP contribution in [0.3, 0.4) is 0 Å². The van der Waals surface area contributed by atoms with E-state index in [1.165, 1.54) is 45.0 Å². The van der Waals surface area contributed by atoms with Crippen LogP contribution in [0.5, 0.6) is 5.75 Å². The Morgan fingerprint density at radius 3 is 1.25 bits per heavy atom. The number of rotatable bonds is 44. The molecule has 2 aliphatic heterocycles. The van der Waals surface area contributed by atoms with Crippen LogP contribution >= 0.6 is 0 Å². The number of nitrogens with two attached hydrogens (primary N) is 1. The Morgan fingerprint density at radius 1 is 0.441 bits per heavy atom. The van der Waals surface area contributed by atoms with Gasteiger partial charge in [-0.05, 0) is 93.2 Å². The van der Waals surface area contributed by atoms with E-state index in [0.717, 1.165) is 9.80 Å². The number of carbonyl (C=O) groups is 18. The number of likely N-dealkylation sites (tertiary alicyclic amines) is 2. The van der Waals surface area contributed by atoms with Crippen molar-refractivity contribution in [2.24, 2.45) is 23.5 Å². The number of benzene rings is 1. The molecule has 38 heteroatoms. The minimum atomic E-state index is -2.09. The van der Waals surface area contributed by atoms with Gasteiger partial charge in [-0.3, -0.25) is 81.5 Å². The molecule has 3 rings (SSSR count). The van der Waals surface area contributed by atoms with Crippen LogP contribution in [0.4, 0.5) is 0 Å². The maximum Gasteiger partial charge on any atom is 0.326 e. The zero-order valence-electron chi connectivity index (χ0n) is 57.3. The first kappa shape index (κ1) is 85.7. The monoisotopic (exact) mass is 1450 g/mol. The van der Waals surface area contributed by atoms with Gasteiger partial charge in [0.05, 0.1) is 18.9 Å². The highest BCUT2D eigenvalue weighted by atomic mass is 16.4. The predicted octanol–water partition coefficient (Wildman–Crippen LogP) is -3.15. The van der Waals surface area contributed by atoms with Crippen molar-refractivity contribution in [3.8, 4) is 5.75 Å². The van der Waals surface area contributed by atoms with Gasteiger partial charge in [-0.15, -0.1) is 0 Å². The van der Waals surface area contributed by atoms with Crippen molar-refractivity contribution in [1.29, 1.82) is 0 Å². The van der Waals surface area contributed by atoms with Gasteiger partial charge in [-0.1, -0.05) is 60.1 Å². The SMILES string of the molecule is CC[C@H](C)[C@H](NC(=O)[C@H](CC(=O)O)NC(=O)[C@H](CCC(=O)O)NC(=O)[C@H](CCC(=O)O)NC(=O)[C@@H](N)CCC(=O)O)C(=O)N1CCC[C@@H]1C(=O)N[C@@H](Cc1ccc(O)cc1)C(=O)N[C@@H](CCC(=O)O)C(=O)N[C@H](C(=O)N[C@@H](CC(C)C)C(=O)N1CCC[C@H]1C(=O)N[C@@H](CC(=O)O)C(=O)O)C(C)C. The highest BCUT2D eigenvalue weighted by Gasteiger charge is 2.44. The minimum Gasteiger partial charge on any atom is -0.508 e. The van der Waals surface area contributed by atoms with Crippen LogP contribution in [0, 0.1) is 17.8 Å². The molecule has 19 N–H and O–H groups in total. The summed E-state index contributed by atoms with van der Waals surface area (Å²) in [5.41, 5.74) is 6.07. The molecule has 2 heterocycles. The van der Waals surface area contributed by atoms with E-state index in [2.05, 4.69) is 47.9 Å². The molecule has 38 nitrogen and oxygen atoms in total. The first-order chi connectivity index (χ1) is 47.7. The summed E-state index contributed by atoms with van der Waals surface area (Å²) in [5.74, 6) is -24.4. The average Bonchev–Trinajstić information content (AvgIpc) is 1.62. The van der Waals surface area contributed by atoms with Crippen LogP contribution in [0.15, 0.2) is 24.3 Å². The van der Waals surface area contributed by atoms with Crippen LogP contribution in [0.2, 0.25) is 0 Å². The van der Waals surface area contributed by atoms with E-state index in [-0.39, 0.29) is 69.7 Å². The van der Waals surface area contributed by atoms with Crippen LogP contribution in [-0.4, -0.2) is 243 Å². The molecule has 102 heavy (non-hydrogen) atoms. The summed E-state index contributed by atoms with van der Waals surface area (Å²) in [7, 11) is 0. The number of aliphatic carboxylic acids is 7. The van der Waals surface area contributed by atoms with E-state index in [4.69, 9.17) is 10.8 Å². The lowest BCUT2D eigenvalue weighted by molar-refractivity contribution is -0.148. The predicted molar refractivity (Wildman–Crippen MR) is 350 cm³/mol. The number of nitrogens with zero attached hydrogens (tertiary/aromatic N) is 2. The van der Waals surface area contributed by atoms with Crippen molar-refractivity contribution < 1.29 is 127 Å². The third kappa shape index (κ3) is 28.2. The molecule has 0 spiro atoms. The van der Waals surface area contributed by atoms with Crippen LogP contribution in [-0.2, 0) is 92.7 Å². The molecule has 566 valence electrons. The van der Waals surface area contributed by atoms with Gasteiger partial charge in [0.15, 0.2) is 0 Å². The van der Waals surface area contributed by atoms with Gasteiger partial charge in [0.1, 0.15) is 72.2 Å². The molecule has 0 bridgehead atoms. The summed E-state index contributed by atoms with van der Waals surface area (Å²) in [6.07, 6.45) is -7.32. The average molecular weight is 1450 g/mol. The lowest BCUT2D eigenvalue weighted by Crippen LogP contribution is -2.62. The summed E-state index contributed by atoms with van der Waals surface area (Å²) in [5, 5.41) is 97.8. The number of aromatic hydroxyl groups is 1. The smallest absolute Gasteiger partial charge is 0.326 e. The van der Waals surface area contributed by atoms with Gasteiger partial charge in [-0.2, -0.15) is 0 Å². The Kier molecular flexibility index (Phi) is 34.6. The molecule has 0 aromatic heterocycles. The van der Waals surface area contributed by atoms with Crippen LogP contribution in [0.1, 0.15) is 150 Å². The Labute approximate surface area is 585 Å². The van der Waals surface area contributed by atoms with E-state index in [1.54, 1.807) is 20.8 Å². The Hall–Kier alpha value is -10.6. The van der Waals surface area contributed by atoms with E-state index in [9.17, 15) is 122 Å². The van der Waals surface area contributed by atoms with Gasteiger partial charge in [-0.25, -0.2) is 4.79 Å². The molecule has 0 unspecified atom stereocenters. The third-order valence-corrected chi connectivity index (χ3v) is 16.9. The van der Waals surface area contributed by atoms with Crippen molar-refractivity contribution in [3.63, 3.8) is 0 Å². The number of phenols is 1. The van der Waals surface area contributed by atoms with Crippen molar-refractivity contribution in [1.82, 2.24) is 57.7 Å². The Bertz CT molecular complexity index is 3240. The minimum absolute atomic E-state index is 0.00849. The number of carboxylic acids is 7. The fourth-order valence-electron chi connectivity index (χ4n) is 11.2. The zero-order chi connectivity index (χ0) is 77.0. The first-order valence-corrected chi connectivity index (χ1v) is 33.2. The Morgan fingerprint density at radius 2 is 0.824 bits per heavy atom. The molecule has 2 fully saturated rings. The van der Waals surface area contributed by atoms with Crippen molar-refractivity contribution in [2.45, 2.75) is 223 Å². The molecule has 0 saturated carbocycles. The molecular weight excluding hydrogens is 1350 g/mol. The highest BCUT2D eigenvalue weighted by Crippen LogP contribution is 2.25. The molecule has 1 aromatic carbocycles. The standard InChI is InChI=1S/C64H94N12O26/c1-7-32(6)52(74-58(95)40(28-49(86)87)69-55(92)37(18-22-47(82)83)67-54(91)36(17-21-46(80)81)66-53(90)35(65)16-20-45(78)79)63(100)76-25-9-11-44(76)59(96)70-39(27-33-12-14-34(77)15-13-33)57(94)68-38(19-23-48(84)85)56(93)73-51(31(4)5)61(98)71-41(26-30(2)3)62(99)75-24-8-10-43(75)60(97)72-42(64(101)102)29-50(88)89/h12-15,30-32,35-44,51-52,77H,7-11,16-29,65H2,1-6H3,(H,66,90)(H,67,91)(H,68,94)(H,69,92)(H,70,96)(H,71,98)(H,72,97)(H,73,93)(H,74,95)(H,78,79)(H,80,81)(H,82,83)(H,84,85)(H,86,87)(H,88,89)(H,101,102)/t32-,35-,36-,37-,38-,39-,40-,41-,42-,43-,44+,51-,52-/m0/s1. The largest absolute Gasteiger partial charge is 0.508 e. The molecular formula is C64H94N12O26. The fourth-order valence-corrected chi connectivity index (χ4v) is 11.2. The normalized spacial score (nSPS) is 17.4. The second kappa shape index (κ2) is 41.2. The summed E-state index contributed by atoms with van der Waals surface area (Å²) >= 11 is 0. The number of nitrogens with one attached hydrogen (secondary N) is 9. The highest BCUT2D eigenvalue weighted by molar-refractivity contribution is 6.01. The molecule has 13 atom stereocenters. The second-order valence-electron chi connectivity index (χ2n) is 25.8. The van der Waals surface area contributed by atoms with Crippen molar-refractivity contribution >= 4 is 107 Å². The summed E-state index contributed by atoms with van der Waals surface area (Å²) in [6, 6.07) is -14.4. The molecule has 2 aliphatic rings. The number of hydrogen-bond acceptors (Lipinski definition) is 20. The second-order valence-corrected chi connectivity index (χ2v) is 25.8. The van der Waals surface area contributed by atoms with Crippen molar-refractivity contribution in [2.75, 3.05) is 13.1 Å². The quantitative estimate of drug-likeness (QED) is 0.0307. The maximum atomic E-state index is 14.8. The summed E-state index contributed by atoms with van der Waals surface area (Å²) in [6.45, 7) is 9.45.